The molecule has 7 heteroatoms. The van der Waals surface area contributed by atoms with Gasteiger partial charge in [0.2, 0.25) is 11.8 Å². The Kier molecular flexibility index (Phi) is 11.0. The number of carbonyl (C=O) groups excluding carboxylic acids is 3. The van der Waals surface area contributed by atoms with Gasteiger partial charge in [-0.3, -0.25) is 9.59 Å². The van der Waals surface area contributed by atoms with E-state index in [-0.39, 0.29) is 25.5 Å². The van der Waals surface area contributed by atoms with Gasteiger partial charge in [0, 0.05) is 6.42 Å². The summed E-state index contributed by atoms with van der Waals surface area (Å²) in [7, 11) is 0. The van der Waals surface area contributed by atoms with Crippen LogP contribution in [0.25, 0.3) is 0 Å². The van der Waals surface area contributed by atoms with Gasteiger partial charge in [-0.2, -0.15) is 0 Å². The standard InChI is InChI=1S/C35H37N3O4/c1-26(30-20-12-5-13-21-30)38(34(40)31(36)22-27-14-6-2-7-15-27)24-33(39)37-32(23-28-16-8-3-9-17-28)35(41)42-25-29-18-10-4-11-19-29/h2-21,26,31-32H,22-25,36H2,1H3,(H,37,39)/t26-,31+,32+/m1/s1. The molecule has 0 aliphatic carbocycles. The summed E-state index contributed by atoms with van der Waals surface area (Å²) in [5.41, 5.74) is 9.90. The number of nitrogens with two attached hydrogens (primary N) is 1. The van der Waals surface area contributed by atoms with E-state index in [9.17, 15) is 14.4 Å². The molecular weight excluding hydrogens is 526 g/mol. The van der Waals surface area contributed by atoms with Crippen molar-refractivity contribution in [2.24, 2.45) is 5.73 Å². The Morgan fingerprint density at radius 1 is 0.714 bits per heavy atom. The monoisotopic (exact) mass is 563 g/mol. The quantitative estimate of drug-likeness (QED) is 0.231. The Balaban J connectivity index is 1.51. The van der Waals surface area contributed by atoms with Crippen molar-refractivity contribution >= 4 is 17.8 Å². The third kappa shape index (κ3) is 8.88. The summed E-state index contributed by atoms with van der Waals surface area (Å²) in [4.78, 5) is 41.9. The Hall–Kier alpha value is -4.75. The van der Waals surface area contributed by atoms with Crippen molar-refractivity contribution in [3.8, 4) is 0 Å². The number of nitrogens with one attached hydrogen (secondary N) is 1. The Morgan fingerprint density at radius 2 is 1.19 bits per heavy atom. The van der Waals surface area contributed by atoms with Gasteiger partial charge in [0.1, 0.15) is 19.2 Å². The highest BCUT2D eigenvalue weighted by Crippen LogP contribution is 2.21. The lowest BCUT2D eigenvalue weighted by Crippen LogP contribution is -2.52. The van der Waals surface area contributed by atoms with Crippen LogP contribution in [0.5, 0.6) is 0 Å². The highest BCUT2D eigenvalue weighted by atomic mass is 16.5. The van der Waals surface area contributed by atoms with Crippen molar-refractivity contribution in [1.82, 2.24) is 10.2 Å². The number of carbonyl (C=O) groups is 3. The lowest BCUT2D eigenvalue weighted by atomic mass is 10.0. The molecule has 0 spiro atoms. The largest absolute Gasteiger partial charge is 0.459 e. The van der Waals surface area contributed by atoms with Gasteiger partial charge in [0.05, 0.1) is 12.1 Å². The topological polar surface area (TPSA) is 102 Å². The molecule has 7 nitrogen and oxygen atoms in total. The molecule has 0 bridgehead atoms. The summed E-state index contributed by atoms with van der Waals surface area (Å²) >= 11 is 0. The first-order chi connectivity index (χ1) is 20.4. The average Bonchev–Trinajstić information content (AvgIpc) is 3.03. The predicted octanol–water partition coefficient (Wildman–Crippen LogP) is 4.62. The van der Waals surface area contributed by atoms with Crippen molar-refractivity contribution in [2.45, 2.75) is 44.5 Å². The summed E-state index contributed by atoms with van der Waals surface area (Å²) < 4.78 is 5.58. The van der Waals surface area contributed by atoms with E-state index in [0.717, 1.165) is 22.3 Å². The number of rotatable bonds is 13. The van der Waals surface area contributed by atoms with Crippen LogP contribution in [0.15, 0.2) is 121 Å². The highest BCUT2D eigenvalue weighted by Gasteiger charge is 2.30. The molecule has 3 N–H and O–H groups in total. The van der Waals surface area contributed by atoms with Gasteiger partial charge in [-0.1, -0.05) is 121 Å². The van der Waals surface area contributed by atoms with Crippen LogP contribution in [0.4, 0.5) is 0 Å². The molecule has 4 aromatic rings. The lowest BCUT2D eigenvalue weighted by molar-refractivity contribution is -0.149. The summed E-state index contributed by atoms with van der Waals surface area (Å²) in [6, 6.07) is 35.6. The molecule has 42 heavy (non-hydrogen) atoms. The van der Waals surface area contributed by atoms with E-state index in [0.29, 0.717) is 6.42 Å². The maximum Gasteiger partial charge on any atom is 0.329 e. The number of ether oxygens (including phenoxy) is 1. The summed E-state index contributed by atoms with van der Waals surface area (Å²) in [6.07, 6.45) is 0.581. The van der Waals surface area contributed by atoms with Gasteiger partial charge in [-0.25, -0.2) is 4.79 Å². The molecule has 0 saturated heterocycles. The zero-order chi connectivity index (χ0) is 29.7. The minimum atomic E-state index is -0.939. The smallest absolute Gasteiger partial charge is 0.329 e. The molecule has 0 fully saturated rings. The van der Waals surface area contributed by atoms with Crippen LogP contribution in [-0.4, -0.2) is 41.3 Å². The maximum absolute atomic E-state index is 13.7. The highest BCUT2D eigenvalue weighted by molar-refractivity contribution is 5.90. The van der Waals surface area contributed by atoms with Crippen LogP contribution >= 0.6 is 0 Å². The molecule has 0 aromatic heterocycles. The molecule has 0 aliphatic heterocycles. The van der Waals surface area contributed by atoms with Crippen LogP contribution in [-0.2, 0) is 38.6 Å². The third-order valence-corrected chi connectivity index (χ3v) is 7.09. The zero-order valence-corrected chi connectivity index (χ0v) is 23.8. The second-order valence-electron chi connectivity index (χ2n) is 10.3. The molecule has 0 unspecified atom stereocenters. The molecule has 4 rings (SSSR count). The number of amides is 2. The van der Waals surface area contributed by atoms with Crippen molar-refractivity contribution in [1.29, 1.82) is 0 Å². The Morgan fingerprint density at radius 3 is 1.74 bits per heavy atom. The second-order valence-corrected chi connectivity index (χ2v) is 10.3. The number of hydrogen-bond acceptors (Lipinski definition) is 5. The fourth-order valence-corrected chi connectivity index (χ4v) is 4.75. The molecule has 0 radical (unpaired) electrons. The van der Waals surface area contributed by atoms with Crippen molar-refractivity contribution in [3.05, 3.63) is 144 Å². The zero-order valence-electron chi connectivity index (χ0n) is 23.8. The SMILES string of the molecule is C[C@H](c1ccccc1)N(CC(=O)N[C@@H](Cc1ccccc1)C(=O)OCc1ccccc1)C(=O)[C@@H](N)Cc1ccccc1. The molecule has 2 amide bonds. The first kappa shape index (κ1) is 30.2. The summed E-state index contributed by atoms with van der Waals surface area (Å²) in [5.74, 6) is -1.38. The van der Waals surface area contributed by atoms with Gasteiger partial charge < -0.3 is 20.7 Å². The number of benzene rings is 4. The van der Waals surface area contributed by atoms with E-state index in [1.807, 2.05) is 128 Å². The Bertz CT molecular complexity index is 1420. The molecule has 4 aromatic carbocycles. The molecule has 0 heterocycles. The minimum Gasteiger partial charge on any atom is -0.459 e. The van der Waals surface area contributed by atoms with Crippen molar-refractivity contribution < 1.29 is 19.1 Å². The first-order valence-electron chi connectivity index (χ1n) is 14.1. The number of esters is 1. The first-order valence-corrected chi connectivity index (χ1v) is 14.1. The van der Waals surface area contributed by atoms with E-state index >= 15 is 0 Å². The van der Waals surface area contributed by atoms with Crippen LogP contribution in [0.3, 0.4) is 0 Å². The van der Waals surface area contributed by atoms with Gasteiger partial charge >= 0.3 is 5.97 Å². The summed E-state index contributed by atoms with van der Waals surface area (Å²) in [6.45, 7) is 1.69. The fraction of sp³-hybridized carbons (Fsp3) is 0.229. The fourth-order valence-electron chi connectivity index (χ4n) is 4.75. The van der Waals surface area contributed by atoms with Crippen LogP contribution < -0.4 is 11.1 Å². The van der Waals surface area contributed by atoms with E-state index < -0.39 is 30.0 Å². The van der Waals surface area contributed by atoms with E-state index in [1.165, 1.54) is 4.90 Å². The molecule has 0 aliphatic rings. The molecule has 216 valence electrons. The molecule has 0 saturated carbocycles. The van der Waals surface area contributed by atoms with Gasteiger partial charge in [-0.15, -0.1) is 0 Å². The van der Waals surface area contributed by atoms with Crippen LogP contribution in [0, 0.1) is 0 Å². The lowest BCUT2D eigenvalue weighted by Gasteiger charge is -2.32. The van der Waals surface area contributed by atoms with E-state index in [1.54, 1.807) is 0 Å². The van der Waals surface area contributed by atoms with Gasteiger partial charge in [0.15, 0.2) is 0 Å². The Labute approximate surface area is 247 Å². The molecule has 3 atom stereocenters. The second kappa shape index (κ2) is 15.3. The van der Waals surface area contributed by atoms with Crippen LogP contribution in [0.2, 0.25) is 0 Å². The van der Waals surface area contributed by atoms with E-state index in [4.69, 9.17) is 10.5 Å². The van der Waals surface area contributed by atoms with E-state index in [2.05, 4.69) is 5.32 Å². The van der Waals surface area contributed by atoms with Crippen molar-refractivity contribution in [3.63, 3.8) is 0 Å². The summed E-state index contributed by atoms with van der Waals surface area (Å²) in [5, 5.41) is 2.83. The van der Waals surface area contributed by atoms with Gasteiger partial charge in [0.25, 0.3) is 0 Å². The minimum absolute atomic E-state index is 0.0881. The van der Waals surface area contributed by atoms with Crippen molar-refractivity contribution in [2.75, 3.05) is 6.54 Å². The molecular formula is C35H37N3O4. The predicted molar refractivity (Wildman–Crippen MR) is 163 cm³/mol. The number of hydrogen-bond donors (Lipinski definition) is 2. The average molecular weight is 564 g/mol. The normalized spacial score (nSPS) is 12.9. The third-order valence-electron chi connectivity index (χ3n) is 7.09. The van der Waals surface area contributed by atoms with Gasteiger partial charge in [-0.05, 0) is 35.6 Å². The number of nitrogens with zero attached hydrogens (tertiary/aromatic N) is 1. The maximum atomic E-state index is 13.7. The van der Waals surface area contributed by atoms with Crippen LogP contribution in [0.1, 0.15) is 35.2 Å².